The smallest absolute Gasteiger partial charge is 0.234 e. The minimum atomic E-state index is -0.311. The molecule has 0 aromatic heterocycles. The number of para-hydroxylation sites is 1. The van der Waals surface area contributed by atoms with E-state index in [4.69, 9.17) is 0 Å². The van der Waals surface area contributed by atoms with E-state index in [0.717, 1.165) is 5.69 Å². The van der Waals surface area contributed by atoms with Crippen molar-refractivity contribution in [2.24, 2.45) is 10.2 Å². The fourth-order valence-corrected chi connectivity index (χ4v) is 2.83. The number of rotatable bonds is 4. The van der Waals surface area contributed by atoms with Gasteiger partial charge in [0.05, 0.1) is 11.5 Å². The lowest BCUT2D eigenvalue weighted by Crippen LogP contribution is -2.15. The number of carbonyl (C=O) groups is 1. The molecule has 2 aromatic carbocycles. The molecule has 23 heavy (non-hydrogen) atoms. The van der Waals surface area contributed by atoms with Gasteiger partial charge in [-0.05, 0) is 18.2 Å². The van der Waals surface area contributed by atoms with Crippen LogP contribution in [0.3, 0.4) is 0 Å². The van der Waals surface area contributed by atoms with E-state index in [1.807, 2.05) is 30.3 Å². The molecule has 0 radical (unpaired) electrons. The second-order valence-corrected chi connectivity index (χ2v) is 5.95. The van der Waals surface area contributed by atoms with Crippen molar-refractivity contribution < 1.29 is 9.18 Å². The van der Waals surface area contributed by atoms with Crippen molar-refractivity contribution >= 4 is 34.1 Å². The van der Waals surface area contributed by atoms with Gasteiger partial charge in [-0.1, -0.05) is 48.2 Å². The molecule has 4 nitrogen and oxygen atoms in total. The number of nitrogens with zero attached hydrogens (tertiary/aromatic N) is 2. The summed E-state index contributed by atoms with van der Waals surface area (Å²) in [6.45, 7) is 0. The molecular formula is C17H14FN3OS. The van der Waals surface area contributed by atoms with Gasteiger partial charge in [0.25, 0.3) is 0 Å². The zero-order valence-electron chi connectivity index (χ0n) is 12.2. The van der Waals surface area contributed by atoms with E-state index in [2.05, 4.69) is 15.5 Å². The number of carbonyl (C=O) groups excluding carboxylic acids is 1. The van der Waals surface area contributed by atoms with Crippen LogP contribution in [0, 0.1) is 5.82 Å². The Morgan fingerprint density at radius 3 is 2.61 bits per heavy atom. The van der Waals surface area contributed by atoms with Crippen LogP contribution in [0.15, 0.2) is 64.8 Å². The maximum atomic E-state index is 13.7. The Morgan fingerprint density at radius 1 is 1.09 bits per heavy atom. The van der Waals surface area contributed by atoms with Crippen LogP contribution < -0.4 is 5.32 Å². The van der Waals surface area contributed by atoms with Crippen LogP contribution in [0.2, 0.25) is 0 Å². The molecule has 1 heterocycles. The first-order valence-electron chi connectivity index (χ1n) is 7.08. The molecule has 0 atom stereocenters. The largest absolute Gasteiger partial charge is 0.325 e. The standard InChI is InChI=1S/C17H14FN3OS/c18-14-9-5-4-8-13(14)15-10-17(21-20-15)23-11-16(22)19-12-6-2-1-3-7-12/h1-9H,10-11H2,(H,19,22). The first kappa shape index (κ1) is 15.4. The van der Waals surface area contributed by atoms with Gasteiger partial charge in [-0.3, -0.25) is 4.79 Å². The topological polar surface area (TPSA) is 53.8 Å². The number of anilines is 1. The number of thioether (sulfide) groups is 1. The Hall–Kier alpha value is -2.47. The zero-order chi connectivity index (χ0) is 16.1. The van der Waals surface area contributed by atoms with Gasteiger partial charge in [-0.25, -0.2) is 4.39 Å². The molecule has 1 N–H and O–H groups in total. The van der Waals surface area contributed by atoms with Gasteiger partial charge in [0.2, 0.25) is 5.91 Å². The molecule has 0 fully saturated rings. The van der Waals surface area contributed by atoms with Crippen molar-refractivity contribution in [2.45, 2.75) is 6.42 Å². The summed E-state index contributed by atoms with van der Waals surface area (Å²) in [6, 6.07) is 15.7. The van der Waals surface area contributed by atoms with Crippen molar-refractivity contribution in [1.29, 1.82) is 0 Å². The minimum absolute atomic E-state index is 0.108. The Labute approximate surface area is 137 Å². The van der Waals surface area contributed by atoms with Crippen molar-refractivity contribution in [2.75, 3.05) is 11.1 Å². The molecule has 1 aliphatic rings. The molecule has 1 amide bonds. The first-order valence-corrected chi connectivity index (χ1v) is 8.07. The van der Waals surface area contributed by atoms with Gasteiger partial charge in [-0.15, -0.1) is 5.10 Å². The SMILES string of the molecule is O=C(CSC1=NN=C(c2ccccc2F)C1)Nc1ccccc1. The molecule has 0 saturated carbocycles. The second kappa shape index (κ2) is 7.19. The second-order valence-electron chi connectivity index (χ2n) is 4.90. The van der Waals surface area contributed by atoms with Crippen LogP contribution in [0.5, 0.6) is 0 Å². The summed E-state index contributed by atoms with van der Waals surface area (Å²) in [5, 5.41) is 11.6. The van der Waals surface area contributed by atoms with E-state index < -0.39 is 0 Å². The zero-order valence-corrected chi connectivity index (χ0v) is 13.0. The lowest BCUT2D eigenvalue weighted by molar-refractivity contribution is -0.113. The maximum Gasteiger partial charge on any atom is 0.234 e. The Bertz CT molecular complexity index is 774. The van der Waals surface area contributed by atoms with Crippen molar-refractivity contribution in [3.8, 4) is 0 Å². The molecule has 6 heteroatoms. The summed E-state index contributed by atoms with van der Waals surface area (Å²) in [5.74, 6) is -0.175. The van der Waals surface area contributed by atoms with Crippen LogP contribution >= 0.6 is 11.8 Å². The molecule has 0 bridgehead atoms. The third-order valence-electron chi connectivity index (χ3n) is 3.21. The number of nitrogens with one attached hydrogen (secondary N) is 1. The maximum absolute atomic E-state index is 13.7. The van der Waals surface area contributed by atoms with Gasteiger partial charge in [0.15, 0.2) is 0 Å². The summed E-state index contributed by atoms with van der Waals surface area (Å²) < 4.78 is 13.7. The highest BCUT2D eigenvalue weighted by atomic mass is 32.2. The fourth-order valence-electron chi connectivity index (χ4n) is 2.12. The summed E-state index contributed by atoms with van der Waals surface area (Å²) in [4.78, 5) is 11.9. The highest BCUT2D eigenvalue weighted by Crippen LogP contribution is 2.20. The molecule has 1 aliphatic heterocycles. The van der Waals surface area contributed by atoms with E-state index in [-0.39, 0.29) is 17.5 Å². The number of amides is 1. The van der Waals surface area contributed by atoms with E-state index in [1.54, 1.807) is 18.2 Å². The number of hydrogen-bond acceptors (Lipinski definition) is 4. The van der Waals surface area contributed by atoms with Gasteiger partial charge in [0, 0.05) is 17.7 Å². The normalized spacial score (nSPS) is 13.4. The van der Waals surface area contributed by atoms with Crippen LogP contribution in [-0.2, 0) is 4.79 Å². The molecule has 2 aromatic rings. The average Bonchev–Trinajstić information content (AvgIpc) is 3.03. The van der Waals surface area contributed by atoms with Gasteiger partial charge in [-0.2, -0.15) is 5.10 Å². The number of benzene rings is 2. The monoisotopic (exact) mass is 327 g/mol. The minimum Gasteiger partial charge on any atom is -0.325 e. The van der Waals surface area contributed by atoms with E-state index in [9.17, 15) is 9.18 Å². The van der Waals surface area contributed by atoms with Gasteiger partial charge < -0.3 is 5.32 Å². The highest BCUT2D eigenvalue weighted by Gasteiger charge is 2.18. The molecule has 0 saturated heterocycles. The number of hydrogen-bond donors (Lipinski definition) is 1. The van der Waals surface area contributed by atoms with Crippen molar-refractivity contribution in [1.82, 2.24) is 0 Å². The molecule has 0 spiro atoms. The third kappa shape index (κ3) is 4.04. The highest BCUT2D eigenvalue weighted by molar-refractivity contribution is 8.14. The Kier molecular flexibility index (Phi) is 4.83. The van der Waals surface area contributed by atoms with E-state index in [0.29, 0.717) is 22.7 Å². The fraction of sp³-hybridized carbons (Fsp3) is 0.118. The summed E-state index contributed by atoms with van der Waals surface area (Å²) >= 11 is 1.32. The summed E-state index contributed by atoms with van der Waals surface area (Å²) in [5.41, 5.74) is 1.81. The van der Waals surface area contributed by atoms with E-state index in [1.165, 1.54) is 17.8 Å². The van der Waals surface area contributed by atoms with Crippen LogP contribution in [0.1, 0.15) is 12.0 Å². The van der Waals surface area contributed by atoms with Crippen LogP contribution in [-0.4, -0.2) is 22.4 Å². The quantitative estimate of drug-likeness (QED) is 0.931. The Morgan fingerprint density at radius 2 is 1.83 bits per heavy atom. The molecule has 3 rings (SSSR count). The molecular weight excluding hydrogens is 313 g/mol. The van der Waals surface area contributed by atoms with Crippen LogP contribution in [0.25, 0.3) is 0 Å². The number of halogens is 1. The lowest BCUT2D eigenvalue weighted by Gasteiger charge is -2.05. The van der Waals surface area contributed by atoms with Crippen LogP contribution in [0.4, 0.5) is 10.1 Å². The predicted molar refractivity (Wildman–Crippen MR) is 92.5 cm³/mol. The third-order valence-corrected chi connectivity index (χ3v) is 4.18. The molecule has 116 valence electrons. The van der Waals surface area contributed by atoms with Gasteiger partial charge >= 0.3 is 0 Å². The Balaban J connectivity index is 1.50. The van der Waals surface area contributed by atoms with Crippen molar-refractivity contribution in [3.63, 3.8) is 0 Å². The summed E-state index contributed by atoms with van der Waals surface area (Å²) in [7, 11) is 0. The molecule has 0 aliphatic carbocycles. The van der Waals surface area contributed by atoms with Crippen molar-refractivity contribution in [3.05, 3.63) is 66.0 Å². The molecule has 0 unspecified atom stereocenters. The summed E-state index contributed by atoms with van der Waals surface area (Å²) in [6.07, 6.45) is 0.449. The van der Waals surface area contributed by atoms with E-state index >= 15 is 0 Å². The first-order chi connectivity index (χ1) is 11.2. The predicted octanol–water partition coefficient (Wildman–Crippen LogP) is 3.70. The average molecular weight is 327 g/mol. The van der Waals surface area contributed by atoms with Gasteiger partial charge in [0.1, 0.15) is 10.9 Å². The lowest BCUT2D eigenvalue weighted by atomic mass is 10.1.